The molecule has 0 aliphatic carbocycles. The third-order valence-electron chi connectivity index (χ3n) is 2.16. The van der Waals surface area contributed by atoms with E-state index in [1.807, 2.05) is 0 Å². The molecule has 98 valence electrons. The Morgan fingerprint density at radius 3 is 2.53 bits per heavy atom. The highest BCUT2D eigenvalue weighted by molar-refractivity contribution is 9.12. The summed E-state index contributed by atoms with van der Waals surface area (Å²) in [5.41, 5.74) is 0. The van der Waals surface area contributed by atoms with E-state index in [0.717, 1.165) is 3.79 Å². The Morgan fingerprint density at radius 2 is 2.12 bits per heavy atom. The number of halogens is 2. The molecule has 0 aliphatic heterocycles. The van der Waals surface area contributed by atoms with Crippen molar-refractivity contribution < 1.29 is 13.5 Å². The first-order valence-electron chi connectivity index (χ1n) is 4.99. The van der Waals surface area contributed by atoms with E-state index >= 15 is 0 Å². The average Bonchev–Trinajstić information content (AvgIpc) is 2.59. The van der Waals surface area contributed by atoms with Gasteiger partial charge in [0, 0.05) is 19.7 Å². The number of aliphatic hydroxyl groups excluding tert-OH is 1. The van der Waals surface area contributed by atoms with Crippen molar-refractivity contribution in [2.24, 2.45) is 0 Å². The van der Waals surface area contributed by atoms with Crippen LogP contribution in [0.2, 0.25) is 0 Å². The van der Waals surface area contributed by atoms with Gasteiger partial charge in [0.2, 0.25) is 10.0 Å². The van der Waals surface area contributed by atoms with Gasteiger partial charge in [-0.05, 0) is 44.3 Å². The van der Waals surface area contributed by atoms with E-state index in [9.17, 15) is 8.42 Å². The average molecular weight is 407 g/mol. The van der Waals surface area contributed by atoms with Crippen LogP contribution < -0.4 is 0 Å². The summed E-state index contributed by atoms with van der Waals surface area (Å²) in [6, 6.07) is 1.59. The summed E-state index contributed by atoms with van der Waals surface area (Å²) in [4.78, 5) is 0.272. The molecule has 0 unspecified atom stereocenters. The predicted octanol–water partition coefficient (Wildman–Crippen LogP) is 2.67. The van der Waals surface area contributed by atoms with Crippen molar-refractivity contribution >= 4 is 53.2 Å². The Balaban J connectivity index is 3.04. The van der Waals surface area contributed by atoms with E-state index in [1.54, 1.807) is 13.0 Å². The predicted molar refractivity (Wildman–Crippen MR) is 75.9 cm³/mol. The second kappa shape index (κ2) is 6.63. The number of sulfonamides is 1. The zero-order valence-electron chi connectivity index (χ0n) is 9.19. The van der Waals surface area contributed by atoms with Crippen LogP contribution in [0.5, 0.6) is 0 Å². The number of rotatable bonds is 6. The first-order valence-corrected chi connectivity index (χ1v) is 8.83. The van der Waals surface area contributed by atoms with E-state index in [-0.39, 0.29) is 11.5 Å². The SMILES string of the molecule is CCN(CCCO)S(=O)(=O)c1cc(Br)sc1Br. The number of thiophene rings is 1. The Morgan fingerprint density at radius 1 is 1.47 bits per heavy atom. The summed E-state index contributed by atoms with van der Waals surface area (Å²) < 4.78 is 27.3. The summed E-state index contributed by atoms with van der Waals surface area (Å²) in [5.74, 6) is 0. The molecule has 8 heteroatoms. The van der Waals surface area contributed by atoms with Gasteiger partial charge in [0.1, 0.15) is 4.90 Å². The molecule has 0 aliphatic rings. The highest BCUT2D eigenvalue weighted by atomic mass is 79.9. The minimum Gasteiger partial charge on any atom is -0.396 e. The molecule has 1 heterocycles. The highest BCUT2D eigenvalue weighted by Gasteiger charge is 2.26. The summed E-state index contributed by atoms with van der Waals surface area (Å²) in [7, 11) is -3.48. The van der Waals surface area contributed by atoms with Gasteiger partial charge in [0.05, 0.1) is 7.57 Å². The minimum absolute atomic E-state index is 0.0134. The van der Waals surface area contributed by atoms with Crippen LogP contribution in [-0.2, 0) is 10.0 Å². The molecule has 0 amide bonds. The third-order valence-corrected chi connectivity index (χ3v) is 6.89. The maximum atomic E-state index is 12.3. The van der Waals surface area contributed by atoms with E-state index in [2.05, 4.69) is 31.9 Å². The van der Waals surface area contributed by atoms with Gasteiger partial charge >= 0.3 is 0 Å². The van der Waals surface area contributed by atoms with Gasteiger partial charge in [-0.1, -0.05) is 6.92 Å². The normalized spacial score (nSPS) is 12.3. The van der Waals surface area contributed by atoms with Crippen LogP contribution in [0.3, 0.4) is 0 Å². The molecule has 0 fully saturated rings. The summed E-state index contributed by atoms with van der Waals surface area (Å²) >= 11 is 7.84. The molecule has 0 spiro atoms. The minimum atomic E-state index is -3.48. The smallest absolute Gasteiger partial charge is 0.245 e. The zero-order chi connectivity index (χ0) is 13.1. The molecule has 0 aromatic carbocycles. The first-order chi connectivity index (χ1) is 7.93. The Hall–Kier alpha value is 0.530. The van der Waals surface area contributed by atoms with Gasteiger partial charge in [-0.25, -0.2) is 8.42 Å². The maximum absolute atomic E-state index is 12.3. The van der Waals surface area contributed by atoms with Crippen molar-refractivity contribution in [2.45, 2.75) is 18.2 Å². The fourth-order valence-corrected chi connectivity index (χ4v) is 6.58. The molecule has 1 N–H and O–H groups in total. The van der Waals surface area contributed by atoms with Crippen molar-refractivity contribution in [3.63, 3.8) is 0 Å². The molecule has 0 radical (unpaired) electrons. The molecule has 4 nitrogen and oxygen atoms in total. The maximum Gasteiger partial charge on any atom is 0.245 e. The second-order valence-electron chi connectivity index (χ2n) is 3.26. The highest BCUT2D eigenvalue weighted by Crippen LogP contribution is 2.36. The monoisotopic (exact) mass is 405 g/mol. The van der Waals surface area contributed by atoms with Gasteiger partial charge < -0.3 is 5.11 Å². The van der Waals surface area contributed by atoms with E-state index in [0.29, 0.717) is 23.3 Å². The van der Waals surface area contributed by atoms with Crippen molar-refractivity contribution in [1.29, 1.82) is 0 Å². The van der Waals surface area contributed by atoms with E-state index in [1.165, 1.54) is 15.6 Å². The molecule has 0 bridgehead atoms. The summed E-state index contributed by atoms with van der Waals surface area (Å²) in [5, 5.41) is 8.77. The van der Waals surface area contributed by atoms with Gasteiger partial charge in [0.25, 0.3) is 0 Å². The van der Waals surface area contributed by atoms with Crippen LogP contribution in [0.25, 0.3) is 0 Å². The second-order valence-corrected chi connectivity index (χ2v) is 8.92. The van der Waals surface area contributed by atoms with Gasteiger partial charge in [-0.15, -0.1) is 11.3 Å². The first kappa shape index (κ1) is 15.6. The third kappa shape index (κ3) is 3.74. The Bertz CT molecular complexity index is 473. The quantitative estimate of drug-likeness (QED) is 0.789. The van der Waals surface area contributed by atoms with Crippen LogP contribution in [0.4, 0.5) is 0 Å². The van der Waals surface area contributed by atoms with Crippen LogP contribution in [0.15, 0.2) is 18.5 Å². The largest absolute Gasteiger partial charge is 0.396 e. The molecule has 1 aromatic heterocycles. The Labute approximate surface area is 122 Å². The molecule has 0 saturated carbocycles. The number of hydrogen-bond acceptors (Lipinski definition) is 4. The van der Waals surface area contributed by atoms with Crippen molar-refractivity contribution in [2.75, 3.05) is 19.7 Å². The van der Waals surface area contributed by atoms with Crippen LogP contribution in [0.1, 0.15) is 13.3 Å². The lowest BCUT2D eigenvalue weighted by molar-refractivity contribution is 0.271. The molecule has 17 heavy (non-hydrogen) atoms. The topological polar surface area (TPSA) is 57.6 Å². The molecule has 1 aromatic rings. The van der Waals surface area contributed by atoms with Crippen LogP contribution in [-0.4, -0.2) is 37.5 Å². The van der Waals surface area contributed by atoms with E-state index < -0.39 is 10.0 Å². The lowest BCUT2D eigenvalue weighted by atomic mass is 10.4. The van der Waals surface area contributed by atoms with Crippen molar-refractivity contribution in [3.8, 4) is 0 Å². The molecule has 0 atom stereocenters. The summed E-state index contributed by atoms with van der Waals surface area (Å²) in [6.07, 6.45) is 0.440. The molecular weight excluding hydrogens is 394 g/mol. The zero-order valence-corrected chi connectivity index (χ0v) is 14.0. The van der Waals surface area contributed by atoms with Gasteiger partial charge in [0.15, 0.2) is 0 Å². The number of nitrogens with zero attached hydrogens (tertiary/aromatic N) is 1. The summed E-state index contributed by atoms with van der Waals surface area (Å²) in [6.45, 7) is 2.49. The van der Waals surface area contributed by atoms with Gasteiger partial charge in [-0.2, -0.15) is 4.31 Å². The number of aliphatic hydroxyl groups is 1. The van der Waals surface area contributed by atoms with Crippen molar-refractivity contribution in [1.82, 2.24) is 4.31 Å². The van der Waals surface area contributed by atoms with Crippen LogP contribution >= 0.6 is 43.2 Å². The van der Waals surface area contributed by atoms with Gasteiger partial charge in [-0.3, -0.25) is 0 Å². The fraction of sp³-hybridized carbons (Fsp3) is 0.556. The van der Waals surface area contributed by atoms with E-state index in [4.69, 9.17) is 5.11 Å². The van der Waals surface area contributed by atoms with Crippen molar-refractivity contribution in [3.05, 3.63) is 13.6 Å². The molecular formula is C9H13Br2NO3S2. The lowest BCUT2D eigenvalue weighted by Crippen LogP contribution is -2.32. The fourth-order valence-electron chi connectivity index (χ4n) is 1.34. The standard InChI is InChI=1S/C9H13Br2NO3S2/c1-2-12(4-3-5-13)17(14,15)7-6-8(10)16-9(7)11/h6,13H,2-5H2,1H3. The molecule has 0 saturated heterocycles. The Kier molecular flexibility index (Phi) is 6.07. The van der Waals surface area contributed by atoms with Crippen LogP contribution in [0, 0.1) is 0 Å². The molecule has 1 rings (SSSR count). The lowest BCUT2D eigenvalue weighted by Gasteiger charge is -2.19. The number of hydrogen-bond donors (Lipinski definition) is 1.